The van der Waals surface area contributed by atoms with Crippen molar-refractivity contribution >= 4 is 34.0 Å². The number of nitrogens with two attached hydrogens (primary N) is 1. The molecule has 0 saturated heterocycles. The number of fused-ring (bicyclic) bond motifs is 1. The Morgan fingerprint density at radius 2 is 1.91 bits per heavy atom. The monoisotopic (exact) mass is 480 g/mol. The molecule has 1 atom stereocenters. The molecule has 0 amide bonds. The lowest BCUT2D eigenvalue weighted by atomic mass is 9.92. The number of nitrogens with zero attached hydrogens (tertiary/aromatic N) is 3. The zero-order chi connectivity index (χ0) is 23.7. The normalized spacial score (nSPS) is 21.3. The number of benzene rings is 1. The molecule has 2 aliphatic carbocycles. The number of hydrogen-bond donors (Lipinski definition) is 3. The van der Waals surface area contributed by atoms with Crippen molar-refractivity contribution in [1.82, 2.24) is 15.0 Å². The summed E-state index contributed by atoms with van der Waals surface area (Å²) in [5.41, 5.74) is 10.0. The number of methoxy groups -OCH3 is 1. The van der Waals surface area contributed by atoms with Crippen LogP contribution in [-0.2, 0) is 17.8 Å². The number of aromatic nitrogens is 3. The summed E-state index contributed by atoms with van der Waals surface area (Å²) < 4.78 is 20.8. The third-order valence-electron chi connectivity index (χ3n) is 6.64. The van der Waals surface area contributed by atoms with Crippen molar-refractivity contribution in [2.45, 2.75) is 69.2 Å². The molecule has 180 valence electrons. The van der Waals surface area contributed by atoms with Gasteiger partial charge in [-0.05, 0) is 67.5 Å². The quantitative estimate of drug-likeness (QED) is 0.411. The molecular weight excluding hydrogens is 448 g/mol. The third kappa shape index (κ3) is 5.06. The van der Waals surface area contributed by atoms with E-state index in [1.165, 1.54) is 0 Å². The van der Waals surface area contributed by atoms with Gasteiger partial charge in [0.25, 0.3) is 0 Å². The highest BCUT2D eigenvalue weighted by molar-refractivity contribution is 7.93. The molecule has 2 saturated carbocycles. The highest BCUT2D eigenvalue weighted by Crippen LogP contribution is 2.35. The molecule has 2 aliphatic rings. The van der Waals surface area contributed by atoms with Crippen LogP contribution in [-0.4, -0.2) is 43.9 Å². The van der Waals surface area contributed by atoms with Gasteiger partial charge in [-0.15, -0.1) is 0 Å². The second-order valence-corrected chi connectivity index (χ2v) is 10.7. The summed E-state index contributed by atoms with van der Waals surface area (Å²) in [4.78, 5) is 14.0. The van der Waals surface area contributed by atoms with Gasteiger partial charge in [0.2, 0.25) is 11.8 Å². The predicted molar refractivity (Wildman–Crippen MR) is 137 cm³/mol. The van der Waals surface area contributed by atoms with Crippen molar-refractivity contribution in [3.05, 3.63) is 36.0 Å². The molecular formula is C25H32N6O2S. The van der Waals surface area contributed by atoms with Crippen molar-refractivity contribution in [3.63, 3.8) is 0 Å². The van der Waals surface area contributed by atoms with Crippen LogP contribution in [0.4, 0.5) is 11.8 Å². The third-order valence-corrected chi connectivity index (χ3v) is 8.13. The Bertz CT molecular complexity index is 1160. The topological polar surface area (TPSA) is 121 Å². The number of rotatable bonds is 8. The molecule has 1 unspecified atom stereocenters. The first-order valence-corrected chi connectivity index (χ1v) is 13.3. The Balaban J connectivity index is 1.42. The van der Waals surface area contributed by atoms with Crippen molar-refractivity contribution < 1.29 is 9.29 Å². The van der Waals surface area contributed by atoms with Gasteiger partial charge in [0.1, 0.15) is 5.25 Å². The van der Waals surface area contributed by atoms with Gasteiger partial charge in [-0.1, -0.05) is 6.92 Å². The highest BCUT2D eigenvalue weighted by Gasteiger charge is 2.35. The predicted octanol–water partition coefficient (Wildman–Crippen LogP) is 4.18. The molecule has 0 radical (unpaired) electrons. The first-order valence-electron chi connectivity index (χ1n) is 12.1. The summed E-state index contributed by atoms with van der Waals surface area (Å²) in [5.74, 6) is 1.73. The van der Waals surface area contributed by atoms with Crippen LogP contribution in [0.1, 0.15) is 51.0 Å². The minimum Gasteiger partial charge on any atom is -0.593 e. The van der Waals surface area contributed by atoms with Crippen molar-refractivity contribution in [3.8, 4) is 17.0 Å². The summed E-state index contributed by atoms with van der Waals surface area (Å²) >= 11 is -1.10. The maximum Gasteiger partial charge on any atom is 0.223 e. The van der Waals surface area contributed by atoms with E-state index in [4.69, 9.17) is 15.5 Å². The molecule has 2 fully saturated rings. The summed E-state index contributed by atoms with van der Waals surface area (Å²) in [7, 11) is 1.61. The number of aryl methyl sites for hydroxylation is 1. The minimum atomic E-state index is -1.10. The van der Waals surface area contributed by atoms with E-state index in [-0.39, 0.29) is 5.25 Å². The van der Waals surface area contributed by atoms with E-state index in [1.807, 2.05) is 18.3 Å². The number of pyridine rings is 1. The minimum absolute atomic E-state index is 0.232. The average Bonchev–Trinajstić information content (AvgIpc) is 3.70. The molecule has 0 aliphatic heterocycles. The van der Waals surface area contributed by atoms with E-state index in [0.717, 1.165) is 72.5 Å². The Kier molecular flexibility index (Phi) is 6.76. The molecule has 0 bridgehead atoms. The molecule has 4 N–H and O–H groups in total. The Hall–Kier alpha value is -2.62. The smallest absolute Gasteiger partial charge is 0.223 e. The van der Waals surface area contributed by atoms with E-state index >= 15 is 0 Å². The molecule has 2 heterocycles. The molecule has 8 nitrogen and oxygen atoms in total. The summed E-state index contributed by atoms with van der Waals surface area (Å²) in [6, 6.07) is 8.73. The van der Waals surface area contributed by atoms with Crippen LogP contribution in [0.5, 0.6) is 5.88 Å². The average molecular weight is 481 g/mol. The van der Waals surface area contributed by atoms with Crippen molar-refractivity contribution in [2.24, 2.45) is 5.73 Å². The van der Waals surface area contributed by atoms with Crippen LogP contribution < -0.4 is 20.5 Å². The van der Waals surface area contributed by atoms with Crippen LogP contribution in [0.3, 0.4) is 0 Å². The number of nitrogens with one attached hydrogen (secondary N) is 2. The van der Waals surface area contributed by atoms with Gasteiger partial charge in [0, 0.05) is 42.1 Å². The Morgan fingerprint density at radius 1 is 1.12 bits per heavy atom. The molecule has 9 heteroatoms. The molecule has 5 rings (SSSR count). The Labute approximate surface area is 203 Å². The number of ether oxygens (including phenoxy) is 1. The summed E-state index contributed by atoms with van der Waals surface area (Å²) in [6.45, 7) is 2.13. The van der Waals surface area contributed by atoms with Crippen LogP contribution in [0.15, 0.2) is 30.5 Å². The Morgan fingerprint density at radius 3 is 2.62 bits per heavy atom. The van der Waals surface area contributed by atoms with E-state index in [1.54, 1.807) is 7.11 Å². The lowest BCUT2D eigenvalue weighted by molar-refractivity contribution is 0.400. The fourth-order valence-electron chi connectivity index (χ4n) is 4.50. The van der Waals surface area contributed by atoms with Gasteiger partial charge < -0.3 is 20.3 Å². The van der Waals surface area contributed by atoms with Gasteiger partial charge >= 0.3 is 0 Å². The van der Waals surface area contributed by atoms with Gasteiger partial charge in [0.05, 0.1) is 24.0 Å². The molecule has 2 aromatic heterocycles. The fraction of sp³-hybridized carbons (Fsp3) is 0.480. The summed E-state index contributed by atoms with van der Waals surface area (Å²) in [5, 5.41) is 4.71. The lowest BCUT2D eigenvalue weighted by Gasteiger charge is -2.26. The largest absolute Gasteiger partial charge is 0.593 e. The number of anilines is 2. The first kappa shape index (κ1) is 23.1. The van der Waals surface area contributed by atoms with Gasteiger partial charge in [-0.25, -0.2) is 9.97 Å². The van der Waals surface area contributed by atoms with Crippen LogP contribution in [0.25, 0.3) is 22.0 Å². The standard InChI is InChI=1S/C25H32N6O2S/c1-3-15-12-16(21-10-11-22(29-24(21)33-2)31-34(32)20-8-9-20)13-17-14-27-25(30-23(15)17)28-19-6-4-18(26)5-7-19/h10-14,18-20H,3-9,26H2,1-2H3,(H,29,31)(H,27,28,30). The van der Waals surface area contributed by atoms with E-state index in [9.17, 15) is 4.55 Å². The van der Waals surface area contributed by atoms with Gasteiger partial charge in [-0.2, -0.15) is 9.71 Å². The molecule has 34 heavy (non-hydrogen) atoms. The fourth-order valence-corrected chi connectivity index (χ4v) is 5.55. The second kappa shape index (κ2) is 9.93. The maximum atomic E-state index is 12.2. The molecule has 3 aromatic rings. The van der Waals surface area contributed by atoms with E-state index < -0.39 is 11.4 Å². The van der Waals surface area contributed by atoms with Crippen LogP contribution in [0.2, 0.25) is 0 Å². The zero-order valence-electron chi connectivity index (χ0n) is 19.7. The maximum absolute atomic E-state index is 12.2. The van der Waals surface area contributed by atoms with Crippen LogP contribution >= 0.6 is 0 Å². The first-order chi connectivity index (χ1) is 16.5. The highest BCUT2D eigenvalue weighted by atomic mass is 32.2. The molecule has 0 spiro atoms. The van der Waals surface area contributed by atoms with Crippen molar-refractivity contribution in [1.29, 1.82) is 0 Å². The second-order valence-electron chi connectivity index (χ2n) is 9.23. The van der Waals surface area contributed by atoms with Crippen molar-refractivity contribution in [2.75, 3.05) is 17.1 Å². The van der Waals surface area contributed by atoms with Gasteiger partial charge in [0.15, 0.2) is 5.82 Å². The molecule has 1 aromatic carbocycles. The summed E-state index contributed by atoms with van der Waals surface area (Å²) in [6.07, 6.45) is 8.90. The van der Waals surface area contributed by atoms with E-state index in [2.05, 4.69) is 39.1 Å². The SMILES string of the molecule is CCc1cc(-c2ccc(N[S+]([O-])C3CC3)nc2OC)cc2cnc(NC3CCC(N)CC3)nc12. The zero-order valence-corrected chi connectivity index (χ0v) is 20.5. The van der Waals surface area contributed by atoms with Crippen LogP contribution in [0, 0.1) is 0 Å². The number of hydrogen-bond acceptors (Lipinski definition) is 8. The van der Waals surface area contributed by atoms with E-state index in [0.29, 0.717) is 29.7 Å². The van der Waals surface area contributed by atoms with Gasteiger partial charge in [-0.3, -0.25) is 0 Å². The lowest BCUT2D eigenvalue weighted by Crippen LogP contribution is -2.33.